The molecule has 1 N–H and O–H groups in total. The Balaban J connectivity index is 1.76. The van der Waals surface area contributed by atoms with Crippen molar-refractivity contribution in [1.82, 2.24) is 9.97 Å². The Kier molecular flexibility index (Phi) is 4.09. The zero-order chi connectivity index (χ0) is 14.5. The number of aromatic nitrogens is 2. The van der Waals surface area contributed by atoms with E-state index in [2.05, 4.69) is 20.2 Å². The molecule has 1 aliphatic heterocycles. The van der Waals surface area contributed by atoms with Gasteiger partial charge in [0, 0.05) is 42.7 Å². The Morgan fingerprint density at radius 3 is 2.43 bits per heavy atom. The first-order valence-corrected chi connectivity index (χ1v) is 7.22. The van der Waals surface area contributed by atoms with Gasteiger partial charge in [0.05, 0.1) is 0 Å². The Morgan fingerprint density at radius 2 is 1.71 bits per heavy atom. The summed E-state index contributed by atoms with van der Waals surface area (Å²) in [7, 11) is 0. The lowest BCUT2D eigenvalue weighted by Gasteiger charge is -2.36. The molecule has 1 atom stereocenters. The lowest BCUT2D eigenvalue weighted by Crippen LogP contribution is -2.47. The average molecular weight is 282 g/mol. The average Bonchev–Trinajstić information content (AvgIpc) is 2.56. The number of amides is 1. The van der Waals surface area contributed by atoms with E-state index in [1.165, 1.54) is 0 Å². The predicted molar refractivity (Wildman–Crippen MR) is 82.1 cm³/mol. The molecule has 0 bridgehead atoms. The Hall–Kier alpha value is -2.43. The van der Waals surface area contributed by atoms with Gasteiger partial charge in [-0.3, -0.25) is 14.8 Å². The summed E-state index contributed by atoms with van der Waals surface area (Å²) in [5, 5.41) is 2.98. The molecule has 1 amide bonds. The molecule has 3 rings (SSSR count). The van der Waals surface area contributed by atoms with Crippen LogP contribution >= 0.6 is 0 Å². The molecule has 1 fully saturated rings. The maximum absolute atomic E-state index is 12.6. The van der Waals surface area contributed by atoms with Crippen LogP contribution in [0.5, 0.6) is 0 Å². The zero-order valence-electron chi connectivity index (χ0n) is 11.8. The van der Waals surface area contributed by atoms with E-state index in [0.29, 0.717) is 0 Å². The van der Waals surface area contributed by atoms with Gasteiger partial charge in [-0.15, -0.1) is 0 Å². The van der Waals surface area contributed by atoms with Gasteiger partial charge in [-0.25, -0.2) is 0 Å². The number of nitrogens with zero attached hydrogens (tertiary/aromatic N) is 3. The molecule has 0 radical (unpaired) electrons. The minimum absolute atomic E-state index is 0.0395. The Labute approximate surface area is 124 Å². The summed E-state index contributed by atoms with van der Waals surface area (Å²) in [6, 6.07) is 7.39. The highest BCUT2D eigenvalue weighted by molar-refractivity contribution is 5.96. The summed E-state index contributed by atoms with van der Waals surface area (Å²) >= 11 is 0. The number of hydrogen-bond acceptors (Lipinski definition) is 4. The van der Waals surface area contributed by atoms with Crippen molar-refractivity contribution in [3.8, 4) is 0 Å². The molecule has 0 aliphatic carbocycles. The molecule has 1 unspecified atom stereocenters. The first kappa shape index (κ1) is 13.5. The van der Waals surface area contributed by atoms with E-state index in [1.807, 2.05) is 12.1 Å². The molecular formula is C16H18N4O. The monoisotopic (exact) mass is 282 g/mol. The first-order valence-electron chi connectivity index (χ1n) is 7.22. The number of anilines is 2. The normalized spacial score (nSPS) is 18.3. The number of piperidine rings is 1. The van der Waals surface area contributed by atoms with Gasteiger partial charge < -0.3 is 10.2 Å². The van der Waals surface area contributed by atoms with E-state index in [1.54, 1.807) is 36.9 Å². The highest BCUT2D eigenvalue weighted by Gasteiger charge is 2.28. The Morgan fingerprint density at radius 1 is 1.05 bits per heavy atom. The number of rotatable bonds is 3. The van der Waals surface area contributed by atoms with E-state index in [0.717, 1.165) is 37.2 Å². The largest absolute Gasteiger partial charge is 0.359 e. The standard InChI is InChI=1S/C16H18N4O/c21-16(19-13-4-8-17-9-5-13)15-3-1-2-12-20(15)14-6-10-18-11-7-14/h4-11,15H,1-3,12H2,(H,17,19,21). The SMILES string of the molecule is O=C(Nc1ccncc1)C1CCCCN1c1ccncc1. The summed E-state index contributed by atoms with van der Waals surface area (Å²) in [5.41, 5.74) is 1.84. The van der Waals surface area contributed by atoms with Crippen LogP contribution in [0.2, 0.25) is 0 Å². The van der Waals surface area contributed by atoms with Gasteiger partial charge >= 0.3 is 0 Å². The van der Waals surface area contributed by atoms with Crippen molar-refractivity contribution in [3.05, 3.63) is 49.1 Å². The quantitative estimate of drug-likeness (QED) is 0.939. The molecular weight excluding hydrogens is 264 g/mol. The highest BCUT2D eigenvalue weighted by atomic mass is 16.2. The lowest BCUT2D eigenvalue weighted by atomic mass is 10.0. The van der Waals surface area contributed by atoms with Crippen molar-refractivity contribution in [3.63, 3.8) is 0 Å². The Bertz CT molecular complexity index is 588. The van der Waals surface area contributed by atoms with Crippen molar-refractivity contribution in [1.29, 1.82) is 0 Å². The third-order valence-corrected chi connectivity index (χ3v) is 3.75. The van der Waals surface area contributed by atoms with Crippen LogP contribution in [0.3, 0.4) is 0 Å². The fourth-order valence-corrected chi connectivity index (χ4v) is 2.71. The summed E-state index contributed by atoms with van der Waals surface area (Å²) < 4.78 is 0. The van der Waals surface area contributed by atoms with E-state index in [4.69, 9.17) is 0 Å². The van der Waals surface area contributed by atoms with Crippen LogP contribution in [0.1, 0.15) is 19.3 Å². The third kappa shape index (κ3) is 3.18. The smallest absolute Gasteiger partial charge is 0.247 e. The topological polar surface area (TPSA) is 58.1 Å². The van der Waals surface area contributed by atoms with Crippen molar-refractivity contribution in [2.24, 2.45) is 0 Å². The number of hydrogen-bond donors (Lipinski definition) is 1. The molecule has 2 aromatic heterocycles. The predicted octanol–water partition coefficient (Wildman–Crippen LogP) is 2.47. The number of pyridine rings is 2. The molecule has 1 saturated heterocycles. The third-order valence-electron chi connectivity index (χ3n) is 3.75. The van der Waals surface area contributed by atoms with Gasteiger partial charge in [-0.2, -0.15) is 0 Å². The molecule has 5 nitrogen and oxygen atoms in total. The molecule has 21 heavy (non-hydrogen) atoms. The fraction of sp³-hybridized carbons (Fsp3) is 0.312. The van der Waals surface area contributed by atoms with Crippen LogP contribution in [-0.4, -0.2) is 28.5 Å². The van der Waals surface area contributed by atoms with Crippen molar-refractivity contribution in [2.45, 2.75) is 25.3 Å². The van der Waals surface area contributed by atoms with E-state index in [9.17, 15) is 4.79 Å². The molecule has 3 heterocycles. The van der Waals surface area contributed by atoms with Crippen LogP contribution in [0, 0.1) is 0 Å². The van der Waals surface area contributed by atoms with Crippen LogP contribution in [0.4, 0.5) is 11.4 Å². The van der Waals surface area contributed by atoms with Crippen molar-refractivity contribution >= 4 is 17.3 Å². The van der Waals surface area contributed by atoms with Crippen molar-refractivity contribution in [2.75, 3.05) is 16.8 Å². The van der Waals surface area contributed by atoms with Crippen LogP contribution in [0.25, 0.3) is 0 Å². The fourth-order valence-electron chi connectivity index (χ4n) is 2.71. The van der Waals surface area contributed by atoms with Crippen LogP contribution < -0.4 is 10.2 Å². The van der Waals surface area contributed by atoms with Crippen LogP contribution in [-0.2, 0) is 4.79 Å². The van der Waals surface area contributed by atoms with Crippen LogP contribution in [0.15, 0.2) is 49.1 Å². The molecule has 2 aromatic rings. The molecule has 5 heteroatoms. The molecule has 108 valence electrons. The van der Waals surface area contributed by atoms with E-state index >= 15 is 0 Å². The summed E-state index contributed by atoms with van der Waals surface area (Å²) in [6.07, 6.45) is 9.95. The number of nitrogens with one attached hydrogen (secondary N) is 1. The second-order valence-corrected chi connectivity index (χ2v) is 5.14. The highest BCUT2D eigenvalue weighted by Crippen LogP contribution is 2.25. The summed E-state index contributed by atoms with van der Waals surface area (Å²) in [5.74, 6) is 0.0395. The lowest BCUT2D eigenvalue weighted by molar-refractivity contribution is -0.117. The maximum atomic E-state index is 12.6. The van der Waals surface area contributed by atoms with E-state index < -0.39 is 0 Å². The second kappa shape index (κ2) is 6.35. The molecule has 0 spiro atoms. The van der Waals surface area contributed by atoms with Gasteiger partial charge in [0.1, 0.15) is 6.04 Å². The number of carbonyl (C=O) groups is 1. The minimum atomic E-state index is -0.130. The summed E-state index contributed by atoms with van der Waals surface area (Å²) in [6.45, 7) is 0.901. The van der Waals surface area contributed by atoms with Gasteiger partial charge in [0.15, 0.2) is 0 Å². The van der Waals surface area contributed by atoms with Crippen molar-refractivity contribution < 1.29 is 4.79 Å². The molecule has 0 saturated carbocycles. The molecule has 1 aliphatic rings. The second-order valence-electron chi connectivity index (χ2n) is 5.14. The van der Waals surface area contributed by atoms with Gasteiger partial charge in [-0.05, 0) is 43.5 Å². The van der Waals surface area contributed by atoms with E-state index in [-0.39, 0.29) is 11.9 Å². The van der Waals surface area contributed by atoms with Gasteiger partial charge in [-0.1, -0.05) is 0 Å². The van der Waals surface area contributed by atoms with Gasteiger partial charge in [0.2, 0.25) is 5.91 Å². The first-order chi connectivity index (χ1) is 10.3. The zero-order valence-corrected chi connectivity index (χ0v) is 11.8. The molecule has 0 aromatic carbocycles. The maximum Gasteiger partial charge on any atom is 0.247 e. The number of carbonyl (C=O) groups excluding carboxylic acids is 1. The summed E-state index contributed by atoms with van der Waals surface area (Å²) in [4.78, 5) is 22.7. The minimum Gasteiger partial charge on any atom is -0.359 e. The van der Waals surface area contributed by atoms with Gasteiger partial charge in [0.25, 0.3) is 0 Å².